The first kappa shape index (κ1) is 40.2. The highest BCUT2D eigenvalue weighted by atomic mass is 16.2. The van der Waals surface area contributed by atoms with Crippen molar-refractivity contribution in [3.05, 3.63) is 0 Å². The van der Waals surface area contributed by atoms with E-state index >= 15 is 0 Å². The summed E-state index contributed by atoms with van der Waals surface area (Å²) in [6, 6.07) is -0.535. The smallest absolute Gasteiger partial charge is 0.278 e. The first-order valence-corrected chi connectivity index (χ1v) is 14.9. The number of hydrogen-bond donors (Lipinski definition) is 8. The molecule has 0 aromatic rings. The minimum absolute atomic E-state index is 0.0116. The van der Waals surface area contributed by atoms with Crippen LogP contribution >= 0.6 is 0 Å². The molecule has 12 heteroatoms. The van der Waals surface area contributed by atoms with E-state index in [0.29, 0.717) is 19.1 Å². The van der Waals surface area contributed by atoms with Crippen molar-refractivity contribution in [2.24, 2.45) is 11.5 Å². The highest BCUT2D eigenvalue weighted by Crippen LogP contribution is 2.00. The lowest BCUT2D eigenvalue weighted by Crippen LogP contribution is -2.89. The molecule has 0 aromatic heterocycles. The molecule has 0 rings (SSSR count). The van der Waals surface area contributed by atoms with Crippen LogP contribution < -0.4 is 43.4 Å². The number of nitrogens with one attached hydrogen (secondary N) is 4. The highest BCUT2D eigenvalue weighted by Gasteiger charge is 2.25. The Morgan fingerprint density at radius 1 is 0.675 bits per heavy atom. The fourth-order valence-electron chi connectivity index (χ4n) is 3.82. The molecule has 0 aliphatic rings. The second kappa shape index (κ2) is 24.8. The number of carbonyl (C=O) groups excluding carboxylic acids is 4. The van der Waals surface area contributed by atoms with Crippen LogP contribution in [0.2, 0.25) is 0 Å². The Hall–Kier alpha value is -1.96. The van der Waals surface area contributed by atoms with Crippen molar-refractivity contribution in [3.8, 4) is 0 Å². The number of rotatable bonds is 22. The van der Waals surface area contributed by atoms with Gasteiger partial charge < -0.3 is 43.4 Å². The second-order valence-electron chi connectivity index (χ2n) is 10.9. The van der Waals surface area contributed by atoms with Gasteiger partial charge in [0.15, 0.2) is 23.7 Å². The van der Waals surface area contributed by atoms with E-state index in [2.05, 4.69) is 35.1 Å². The largest absolute Gasteiger partial charge is 0.340 e. The molecule has 0 saturated heterocycles. The molecule has 236 valence electrons. The fourth-order valence-corrected chi connectivity index (χ4v) is 3.82. The van der Waals surface area contributed by atoms with Crippen LogP contribution in [0.1, 0.15) is 80.1 Å². The molecule has 4 unspecified atom stereocenters. The van der Waals surface area contributed by atoms with Crippen LogP contribution in [0, 0.1) is 0 Å². The zero-order chi connectivity index (χ0) is 31.1. The molecule has 0 aliphatic carbocycles. The molecule has 0 spiro atoms. The standard InChI is InChI=1S/C17H36N4O2.C11H24N4O2/c1-12(2)19-10-8-7-9-15(18-6)17(23)21-16(14(5)22)11-20-13(3)4;1-8(16)10(7-13)15-11(17)9(14-2)5-3-4-6-12/h12-13,15-16,18-20H,7-11H2,1-6H3,(H,21,23);9-10,14H,3-7,12-13H2,1-2H3,(H,15,17)/p+2. The van der Waals surface area contributed by atoms with Crippen molar-refractivity contribution in [2.75, 3.05) is 40.3 Å². The monoisotopic (exact) mass is 574 g/mol. The first-order valence-electron chi connectivity index (χ1n) is 14.9. The number of amides is 2. The number of quaternary nitrogens is 2. The Labute approximate surface area is 242 Å². The van der Waals surface area contributed by atoms with Crippen molar-refractivity contribution in [2.45, 2.75) is 116 Å². The average Bonchev–Trinajstić information content (AvgIpc) is 2.89. The summed E-state index contributed by atoms with van der Waals surface area (Å²) in [7, 11) is 3.75. The van der Waals surface area contributed by atoms with Gasteiger partial charge in [0.05, 0.1) is 26.2 Å². The maximum atomic E-state index is 12.4. The molecule has 0 saturated carbocycles. The maximum Gasteiger partial charge on any atom is 0.278 e. The SMILES string of the molecule is C[NH2+]C(CCCCN)C(=O)NC(CN)C(C)=O.C[NH2+]C(CCCCNC(C)C)C(=O)NC(CNC(C)C)C(C)=O. The minimum Gasteiger partial charge on any atom is -0.340 e. The summed E-state index contributed by atoms with van der Waals surface area (Å²) < 4.78 is 0. The van der Waals surface area contributed by atoms with Crippen LogP contribution in [0.3, 0.4) is 0 Å². The fraction of sp³-hybridized carbons (Fsp3) is 0.857. The Balaban J connectivity index is 0. The molecule has 0 aliphatic heterocycles. The van der Waals surface area contributed by atoms with Gasteiger partial charge in [0.1, 0.15) is 0 Å². The van der Waals surface area contributed by atoms with Crippen molar-refractivity contribution >= 4 is 23.4 Å². The van der Waals surface area contributed by atoms with Gasteiger partial charge >= 0.3 is 0 Å². The van der Waals surface area contributed by atoms with Gasteiger partial charge in [-0.05, 0) is 52.6 Å². The Kier molecular flexibility index (Phi) is 24.9. The average molecular weight is 575 g/mol. The van der Waals surface area contributed by atoms with Gasteiger partial charge in [-0.2, -0.15) is 0 Å². The molecule has 0 heterocycles. The summed E-state index contributed by atoms with van der Waals surface area (Å²) in [5.41, 5.74) is 10.8. The van der Waals surface area contributed by atoms with E-state index in [4.69, 9.17) is 11.5 Å². The number of Topliss-reactive ketones (excluding diaryl/α,β-unsaturated/α-hetero) is 2. The number of unbranched alkanes of at least 4 members (excludes halogenated alkanes) is 2. The summed E-state index contributed by atoms with van der Waals surface area (Å²) in [5, 5.41) is 15.9. The van der Waals surface area contributed by atoms with Gasteiger partial charge in [-0.3, -0.25) is 19.2 Å². The van der Waals surface area contributed by atoms with Crippen LogP contribution in [-0.2, 0) is 19.2 Å². The third-order valence-corrected chi connectivity index (χ3v) is 6.52. The molecule has 0 bridgehead atoms. The number of ketones is 2. The third kappa shape index (κ3) is 20.9. The van der Waals surface area contributed by atoms with Crippen LogP contribution in [0.15, 0.2) is 0 Å². The molecular formula is C28H62N8O4+2. The van der Waals surface area contributed by atoms with Crippen LogP contribution in [0.5, 0.6) is 0 Å². The topological polar surface area (TPSA) is 202 Å². The molecule has 12 nitrogen and oxygen atoms in total. The van der Waals surface area contributed by atoms with Crippen LogP contribution in [0.4, 0.5) is 0 Å². The number of likely N-dealkylation sites (N-methyl/N-ethyl adjacent to an activating group) is 2. The predicted molar refractivity (Wildman–Crippen MR) is 161 cm³/mol. The molecule has 4 atom stereocenters. The molecule has 2 amide bonds. The van der Waals surface area contributed by atoms with Crippen molar-refractivity contribution in [3.63, 3.8) is 0 Å². The minimum atomic E-state index is -0.570. The summed E-state index contributed by atoms with van der Waals surface area (Å²) in [6.45, 7) is 13.5. The van der Waals surface area contributed by atoms with Gasteiger partial charge in [-0.1, -0.05) is 27.7 Å². The van der Waals surface area contributed by atoms with E-state index < -0.39 is 12.1 Å². The summed E-state index contributed by atoms with van der Waals surface area (Å²) in [4.78, 5) is 47.1. The molecule has 40 heavy (non-hydrogen) atoms. The van der Waals surface area contributed by atoms with Crippen LogP contribution in [0.25, 0.3) is 0 Å². The molecule has 0 aromatic carbocycles. The van der Waals surface area contributed by atoms with Gasteiger partial charge in [0, 0.05) is 38.0 Å². The zero-order valence-electron chi connectivity index (χ0n) is 26.5. The van der Waals surface area contributed by atoms with E-state index in [9.17, 15) is 19.2 Å². The third-order valence-electron chi connectivity index (χ3n) is 6.52. The van der Waals surface area contributed by atoms with E-state index in [0.717, 1.165) is 45.1 Å². The summed E-state index contributed by atoms with van der Waals surface area (Å²) in [5.74, 6) is -0.301. The van der Waals surface area contributed by atoms with Crippen molar-refractivity contribution in [1.82, 2.24) is 21.3 Å². The van der Waals surface area contributed by atoms with Gasteiger partial charge in [-0.15, -0.1) is 0 Å². The highest BCUT2D eigenvalue weighted by molar-refractivity contribution is 5.89. The van der Waals surface area contributed by atoms with Gasteiger partial charge in [0.2, 0.25) is 0 Å². The molecule has 0 radical (unpaired) electrons. The summed E-state index contributed by atoms with van der Waals surface area (Å²) in [6.07, 6.45) is 5.45. The summed E-state index contributed by atoms with van der Waals surface area (Å²) >= 11 is 0. The second-order valence-corrected chi connectivity index (χ2v) is 10.9. The molecular weight excluding hydrogens is 512 g/mol. The number of carbonyl (C=O) groups is 4. The molecule has 0 fully saturated rings. The van der Waals surface area contributed by atoms with Crippen molar-refractivity contribution in [1.29, 1.82) is 0 Å². The predicted octanol–water partition coefficient (Wildman–Crippen LogP) is -2.50. The lowest BCUT2D eigenvalue weighted by Gasteiger charge is -2.20. The van der Waals surface area contributed by atoms with E-state index in [1.54, 1.807) is 0 Å². The Morgan fingerprint density at radius 3 is 1.50 bits per heavy atom. The lowest BCUT2D eigenvalue weighted by atomic mass is 10.1. The number of nitrogens with two attached hydrogens (primary N) is 4. The van der Waals surface area contributed by atoms with E-state index in [-0.39, 0.29) is 48.1 Å². The lowest BCUT2D eigenvalue weighted by molar-refractivity contribution is -0.651. The van der Waals surface area contributed by atoms with E-state index in [1.807, 2.05) is 38.6 Å². The number of hydrogen-bond acceptors (Lipinski definition) is 8. The van der Waals surface area contributed by atoms with Gasteiger partial charge in [-0.25, -0.2) is 0 Å². The quantitative estimate of drug-likeness (QED) is 0.0648. The first-order chi connectivity index (χ1) is 18.8. The molecule has 12 N–H and O–H groups in total. The van der Waals surface area contributed by atoms with Gasteiger partial charge in [0.25, 0.3) is 11.8 Å². The Bertz CT molecular complexity index is 706. The van der Waals surface area contributed by atoms with Crippen LogP contribution in [-0.4, -0.2) is 99.9 Å². The maximum absolute atomic E-state index is 12.4. The Morgan fingerprint density at radius 2 is 1.12 bits per heavy atom. The normalized spacial score (nSPS) is 14.1. The van der Waals surface area contributed by atoms with E-state index in [1.165, 1.54) is 13.8 Å². The van der Waals surface area contributed by atoms with Crippen molar-refractivity contribution < 1.29 is 29.8 Å². The zero-order valence-corrected chi connectivity index (χ0v) is 26.5.